The third-order valence-electron chi connectivity index (χ3n) is 2.71. The van der Waals surface area contributed by atoms with Crippen LogP contribution in [0.3, 0.4) is 0 Å². The van der Waals surface area contributed by atoms with Crippen LogP contribution in [0, 0.1) is 6.92 Å². The van der Waals surface area contributed by atoms with Crippen molar-refractivity contribution < 1.29 is 14.6 Å². The number of pyridine rings is 1. The van der Waals surface area contributed by atoms with Gasteiger partial charge in [0.1, 0.15) is 16.7 Å². The van der Waals surface area contributed by atoms with Crippen LogP contribution >= 0.6 is 11.6 Å². The number of ether oxygens (including phenoxy) is 1. The summed E-state index contributed by atoms with van der Waals surface area (Å²) in [5.74, 6) is 0.101. The number of benzene rings is 1. The molecule has 0 aliphatic heterocycles. The second kappa shape index (κ2) is 5.79. The number of anilines is 2. The predicted octanol–water partition coefficient (Wildman–Crippen LogP) is 3.49. The number of aryl methyl sites for hydroxylation is 1. The highest BCUT2D eigenvalue weighted by Crippen LogP contribution is 2.24. The summed E-state index contributed by atoms with van der Waals surface area (Å²) in [5.41, 5.74) is 1.81. The molecule has 0 aliphatic carbocycles. The lowest BCUT2D eigenvalue weighted by atomic mass is 10.2. The highest BCUT2D eigenvalue weighted by molar-refractivity contribution is 6.29. The van der Waals surface area contributed by atoms with Crippen LogP contribution < -0.4 is 10.1 Å². The number of hydrogen-bond acceptors (Lipinski definition) is 4. The summed E-state index contributed by atoms with van der Waals surface area (Å²) in [5, 5.41) is 12.1. The van der Waals surface area contributed by atoms with E-state index >= 15 is 0 Å². The molecule has 2 rings (SSSR count). The summed E-state index contributed by atoms with van der Waals surface area (Å²) in [7, 11) is 1.60. The molecular formula is C14H13ClN2O3. The number of nitrogens with zero attached hydrogens (tertiary/aromatic N) is 1. The van der Waals surface area contributed by atoms with Gasteiger partial charge in [0.05, 0.1) is 12.7 Å². The fourth-order valence-electron chi connectivity index (χ4n) is 1.79. The standard InChI is InChI=1S/C14H13ClN2O3/c1-8-5-10(3-4-11(8)20-2)16-13-7-9(14(18)19)6-12(15)17-13/h3-7H,1-2H3,(H,16,17)(H,18,19). The minimum Gasteiger partial charge on any atom is -0.496 e. The number of aromatic nitrogens is 1. The molecule has 20 heavy (non-hydrogen) atoms. The van der Waals surface area contributed by atoms with Crippen molar-refractivity contribution in [2.75, 3.05) is 12.4 Å². The van der Waals surface area contributed by atoms with Gasteiger partial charge in [0, 0.05) is 5.69 Å². The molecule has 0 saturated carbocycles. The van der Waals surface area contributed by atoms with E-state index in [2.05, 4.69) is 10.3 Å². The molecule has 0 spiro atoms. The lowest BCUT2D eigenvalue weighted by Crippen LogP contribution is -2.01. The number of nitrogens with one attached hydrogen (secondary N) is 1. The van der Waals surface area contributed by atoms with Gasteiger partial charge in [-0.25, -0.2) is 9.78 Å². The minimum atomic E-state index is -1.05. The Morgan fingerprint density at radius 3 is 2.70 bits per heavy atom. The summed E-state index contributed by atoms with van der Waals surface area (Å²) in [6, 6.07) is 8.24. The molecule has 104 valence electrons. The number of rotatable bonds is 4. The van der Waals surface area contributed by atoms with Crippen molar-refractivity contribution in [2.45, 2.75) is 6.92 Å². The molecule has 2 aromatic rings. The lowest BCUT2D eigenvalue weighted by Gasteiger charge is -2.10. The zero-order valence-corrected chi connectivity index (χ0v) is 11.7. The van der Waals surface area contributed by atoms with E-state index in [1.165, 1.54) is 12.1 Å². The normalized spacial score (nSPS) is 10.2. The first-order chi connectivity index (χ1) is 9.49. The van der Waals surface area contributed by atoms with Crippen molar-refractivity contribution in [3.05, 3.63) is 46.6 Å². The van der Waals surface area contributed by atoms with E-state index in [1.807, 2.05) is 25.1 Å². The SMILES string of the molecule is COc1ccc(Nc2cc(C(=O)O)cc(Cl)n2)cc1C. The molecule has 0 aliphatic rings. The Morgan fingerprint density at radius 1 is 1.35 bits per heavy atom. The zero-order valence-electron chi connectivity index (χ0n) is 11.0. The number of carboxylic acid groups (broad SMARTS) is 1. The third-order valence-corrected chi connectivity index (χ3v) is 2.90. The molecule has 1 heterocycles. The van der Waals surface area contributed by atoms with E-state index in [9.17, 15) is 4.79 Å². The molecule has 0 amide bonds. The average molecular weight is 293 g/mol. The molecule has 0 fully saturated rings. The first-order valence-electron chi connectivity index (χ1n) is 5.82. The summed E-state index contributed by atoms with van der Waals surface area (Å²) in [6.45, 7) is 1.91. The van der Waals surface area contributed by atoms with Gasteiger partial charge in [-0.1, -0.05) is 11.6 Å². The summed E-state index contributed by atoms with van der Waals surface area (Å²) in [4.78, 5) is 15.0. The number of carboxylic acids is 1. The summed E-state index contributed by atoms with van der Waals surface area (Å²) < 4.78 is 5.18. The topological polar surface area (TPSA) is 71.5 Å². The molecule has 0 unspecified atom stereocenters. The van der Waals surface area contributed by atoms with E-state index < -0.39 is 5.97 Å². The second-order valence-corrected chi connectivity index (χ2v) is 4.57. The first-order valence-corrected chi connectivity index (χ1v) is 6.20. The Balaban J connectivity index is 2.30. The molecule has 6 heteroatoms. The van der Waals surface area contributed by atoms with Gasteiger partial charge >= 0.3 is 5.97 Å². The van der Waals surface area contributed by atoms with Gasteiger partial charge < -0.3 is 15.2 Å². The largest absolute Gasteiger partial charge is 0.496 e. The Labute approximate surface area is 121 Å². The minimum absolute atomic E-state index is 0.0812. The molecule has 0 saturated heterocycles. The van der Waals surface area contributed by atoms with Crippen molar-refractivity contribution in [1.82, 2.24) is 4.98 Å². The maximum atomic E-state index is 11.0. The van der Waals surface area contributed by atoms with Crippen LogP contribution in [0.25, 0.3) is 0 Å². The van der Waals surface area contributed by atoms with Crippen molar-refractivity contribution in [1.29, 1.82) is 0 Å². The number of carbonyl (C=O) groups is 1. The van der Waals surface area contributed by atoms with Crippen LogP contribution in [0.5, 0.6) is 5.75 Å². The molecular weight excluding hydrogens is 280 g/mol. The molecule has 2 N–H and O–H groups in total. The Bertz CT molecular complexity index is 659. The average Bonchev–Trinajstić information content (AvgIpc) is 2.38. The van der Waals surface area contributed by atoms with Crippen molar-refractivity contribution in [2.24, 2.45) is 0 Å². The monoisotopic (exact) mass is 292 g/mol. The van der Waals surface area contributed by atoms with E-state index in [4.69, 9.17) is 21.4 Å². The highest BCUT2D eigenvalue weighted by Gasteiger charge is 2.08. The van der Waals surface area contributed by atoms with Gasteiger partial charge in [-0.15, -0.1) is 0 Å². The molecule has 0 radical (unpaired) electrons. The Kier molecular flexibility index (Phi) is 4.10. The smallest absolute Gasteiger partial charge is 0.335 e. The van der Waals surface area contributed by atoms with Crippen LogP contribution in [-0.2, 0) is 0 Å². The zero-order chi connectivity index (χ0) is 14.7. The number of methoxy groups -OCH3 is 1. The first kappa shape index (κ1) is 14.1. The van der Waals surface area contributed by atoms with Gasteiger partial charge in [-0.2, -0.15) is 0 Å². The van der Waals surface area contributed by atoms with E-state index in [0.717, 1.165) is 17.0 Å². The van der Waals surface area contributed by atoms with Crippen molar-refractivity contribution >= 4 is 29.1 Å². The molecule has 5 nitrogen and oxygen atoms in total. The van der Waals surface area contributed by atoms with E-state index in [1.54, 1.807) is 7.11 Å². The Hall–Kier alpha value is -2.27. The van der Waals surface area contributed by atoms with Crippen molar-refractivity contribution in [3.63, 3.8) is 0 Å². The third kappa shape index (κ3) is 3.19. The van der Waals surface area contributed by atoms with Crippen LogP contribution in [-0.4, -0.2) is 23.2 Å². The van der Waals surface area contributed by atoms with Crippen LogP contribution in [0.1, 0.15) is 15.9 Å². The van der Waals surface area contributed by atoms with Crippen molar-refractivity contribution in [3.8, 4) is 5.75 Å². The fourth-order valence-corrected chi connectivity index (χ4v) is 2.00. The van der Waals surface area contributed by atoms with E-state index in [-0.39, 0.29) is 10.7 Å². The predicted molar refractivity (Wildman–Crippen MR) is 77.2 cm³/mol. The van der Waals surface area contributed by atoms with E-state index in [0.29, 0.717) is 5.82 Å². The van der Waals surface area contributed by atoms with Crippen LogP contribution in [0.4, 0.5) is 11.5 Å². The van der Waals surface area contributed by atoms with Gasteiger partial charge in [0.15, 0.2) is 0 Å². The van der Waals surface area contributed by atoms with Gasteiger partial charge in [0.25, 0.3) is 0 Å². The number of hydrogen-bond donors (Lipinski definition) is 2. The molecule has 0 bridgehead atoms. The van der Waals surface area contributed by atoms with Crippen LogP contribution in [0.15, 0.2) is 30.3 Å². The second-order valence-electron chi connectivity index (χ2n) is 4.18. The maximum Gasteiger partial charge on any atom is 0.335 e. The quantitative estimate of drug-likeness (QED) is 0.844. The number of aromatic carboxylic acids is 1. The molecule has 0 atom stereocenters. The molecule has 1 aromatic carbocycles. The molecule has 1 aromatic heterocycles. The van der Waals surface area contributed by atoms with Gasteiger partial charge in [0.2, 0.25) is 0 Å². The van der Waals surface area contributed by atoms with Gasteiger partial charge in [-0.05, 0) is 42.8 Å². The lowest BCUT2D eigenvalue weighted by molar-refractivity contribution is 0.0697. The highest BCUT2D eigenvalue weighted by atomic mass is 35.5. The fraction of sp³-hybridized carbons (Fsp3) is 0.143. The Morgan fingerprint density at radius 2 is 2.10 bits per heavy atom. The van der Waals surface area contributed by atoms with Gasteiger partial charge in [-0.3, -0.25) is 0 Å². The maximum absolute atomic E-state index is 11.0. The summed E-state index contributed by atoms with van der Waals surface area (Å²) >= 11 is 5.80. The summed E-state index contributed by atoms with van der Waals surface area (Å²) in [6.07, 6.45) is 0. The van der Waals surface area contributed by atoms with Crippen LogP contribution in [0.2, 0.25) is 5.15 Å². The number of halogens is 1.